The summed E-state index contributed by atoms with van der Waals surface area (Å²) in [6.07, 6.45) is 2.53. The summed E-state index contributed by atoms with van der Waals surface area (Å²) in [4.78, 5) is 35.9. The van der Waals surface area contributed by atoms with Gasteiger partial charge in [-0.05, 0) is 47.4 Å². The Bertz CT molecular complexity index is 1010. The van der Waals surface area contributed by atoms with Gasteiger partial charge in [0, 0.05) is 24.9 Å². The summed E-state index contributed by atoms with van der Waals surface area (Å²) < 4.78 is 5.54. The summed E-state index contributed by atoms with van der Waals surface area (Å²) in [6.45, 7) is 2.47. The second-order valence-corrected chi connectivity index (χ2v) is 9.48. The first kappa shape index (κ1) is 23.8. The van der Waals surface area contributed by atoms with Gasteiger partial charge in [0.2, 0.25) is 5.91 Å². The molecule has 180 valence electrons. The zero-order chi connectivity index (χ0) is 24.1. The van der Waals surface area contributed by atoms with Crippen LogP contribution in [0.5, 0.6) is 0 Å². The number of aliphatic carboxylic acids is 1. The smallest absolute Gasteiger partial charge is 0.407 e. The molecule has 34 heavy (non-hydrogen) atoms. The monoisotopic (exact) mass is 464 g/mol. The third-order valence-corrected chi connectivity index (χ3v) is 6.86. The number of carbonyl (C=O) groups excluding carboxylic acids is 2. The van der Waals surface area contributed by atoms with Crippen molar-refractivity contribution in [1.82, 2.24) is 10.6 Å². The van der Waals surface area contributed by atoms with Gasteiger partial charge in [-0.1, -0.05) is 61.9 Å². The molecule has 2 aliphatic rings. The normalized spacial score (nSPS) is 20.0. The lowest BCUT2D eigenvalue weighted by Gasteiger charge is -2.27. The molecule has 2 aliphatic carbocycles. The summed E-state index contributed by atoms with van der Waals surface area (Å²) in [5.41, 5.74) is 4.68. The number of amides is 2. The fourth-order valence-corrected chi connectivity index (χ4v) is 5.13. The van der Waals surface area contributed by atoms with E-state index in [4.69, 9.17) is 4.74 Å². The van der Waals surface area contributed by atoms with Gasteiger partial charge in [-0.25, -0.2) is 4.79 Å². The van der Waals surface area contributed by atoms with Crippen LogP contribution in [-0.2, 0) is 14.3 Å². The van der Waals surface area contributed by atoms with E-state index in [9.17, 15) is 19.5 Å². The number of carbonyl (C=O) groups is 3. The number of ether oxygens (including phenoxy) is 1. The molecule has 0 aliphatic heterocycles. The van der Waals surface area contributed by atoms with Crippen molar-refractivity contribution in [3.8, 4) is 11.1 Å². The number of carboxylic acid groups (broad SMARTS) is 1. The fraction of sp³-hybridized carbons (Fsp3) is 0.444. The lowest BCUT2D eigenvalue weighted by Crippen LogP contribution is -2.41. The molecule has 0 saturated heterocycles. The van der Waals surface area contributed by atoms with Gasteiger partial charge in [0.25, 0.3) is 0 Å². The molecule has 2 amide bonds. The van der Waals surface area contributed by atoms with E-state index in [1.807, 2.05) is 31.2 Å². The minimum absolute atomic E-state index is 0.00599. The SMILES string of the molecule is CC(CNC(=O)OCC1c2ccccc2-c2ccccc21)CC(=O)N[C@H]1CCC[C@@H](C(=O)O)C1. The molecule has 1 unspecified atom stereocenters. The number of fused-ring (bicyclic) bond motifs is 3. The van der Waals surface area contributed by atoms with Crippen LogP contribution in [0, 0.1) is 11.8 Å². The van der Waals surface area contributed by atoms with Gasteiger partial charge in [0.05, 0.1) is 5.92 Å². The number of rotatable bonds is 8. The largest absolute Gasteiger partial charge is 0.481 e. The zero-order valence-corrected chi connectivity index (χ0v) is 19.5. The molecule has 3 N–H and O–H groups in total. The number of nitrogens with one attached hydrogen (secondary N) is 2. The van der Waals surface area contributed by atoms with Gasteiger partial charge in [-0.2, -0.15) is 0 Å². The van der Waals surface area contributed by atoms with Crippen molar-refractivity contribution in [2.45, 2.75) is 51.0 Å². The molecule has 4 rings (SSSR count). The number of alkyl carbamates (subject to hydrolysis) is 1. The Morgan fingerprint density at radius 3 is 2.32 bits per heavy atom. The van der Waals surface area contributed by atoms with Gasteiger partial charge < -0.3 is 20.5 Å². The molecule has 2 aromatic rings. The number of benzene rings is 2. The Morgan fingerprint density at radius 2 is 1.68 bits per heavy atom. The number of carboxylic acids is 1. The molecule has 0 bridgehead atoms. The maximum atomic E-state index is 12.4. The molecule has 1 fully saturated rings. The standard InChI is InChI=1S/C27H32N2O5/c1-17(13-25(30)29-19-8-6-7-18(14-19)26(31)32)15-28-27(33)34-16-24-22-11-4-2-9-20(22)21-10-3-5-12-23(21)24/h2-5,9-12,17-19,24H,6-8,13-16H2,1H3,(H,28,33)(H,29,30)(H,31,32)/t17?,18-,19+/m1/s1. The van der Waals surface area contributed by atoms with Crippen molar-refractivity contribution in [1.29, 1.82) is 0 Å². The Balaban J connectivity index is 1.21. The lowest BCUT2D eigenvalue weighted by molar-refractivity contribution is -0.143. The Kier molecular flexibility index (Phi) is 7.50. The maximum Gasteiger partial charge on any atom is 0.407 e. The highest BCUT2D eigenvalue weighted by molar-refractivity contribution is 5.79. The van der Waals surface area contributed by atoms with Gasteiger partial charge in [0.1, 0.15) is 6.61 Å². The number of hydrogen-bond acceptors (Lipinski definition) is 4. The molecule has 1 saturated carbocycles. The minimum Gasteiger partial charge on any atom is -0.481 e. The van der Waals surface area contributed by atoms with Crippen LogP contribution in [0.25, 0.3) is 11.1 Å². The van der Waals surface area contributed by atoms with E-state index < -0.39 is 12.1 Å². The van der Waals surface area contributed by atoms with Crippen molar-refractivity contribution < 1.29 is 24.2 Å². The van der Waals surface area contributed by atoms with Gasteiger partial charge in [-0.15, -0.1) is 0 Å². The third-order valence-electron chi connectivity index (χ3n) is 6.86. The van der Waals surface area contributed by atoms with Crippen LogP contribution in [0.4, 0.5) is 4.79 Å². The molecule has 3 atom stereocenters. The molecule has 2 aromatic carbocycles. The first-order valence-corrected chi connectivity index (χ1v) is 12.0. The quantitative estimate of drug-likeness (QED) is 0.540. The molecule has 0 spiro atoms. The van der Waals surface area contributed by atoms with E-state index in [2.05, 4.69) is 34.9 Å². The van der Waals surface area contributed by atoms with Crippen LogP contribution in [0.1, 0.15) is 56.1 Å². The van der Waals surface area contributed by atoms with Gasteiger partial charge in [-0.3, -0.25) is 9.59 Å². The first-order chi connectivity index (χ1) is 16.4. The summed E-state index contributed by atoms with van der Waals surface area (Å²) in [7, 11) is 0. The van der Waals surface area contributed by atoms with Crippen molar-refractivity contribution in [3.05, 3.63) is 59.7 Å². The van der Waals surface area contributed by atoms with Crippen LogP contribution in [0.2, 0.25) is 0 Å². The Labute approximate surface area is 199 Å². The van der Waals surface area contributed by atoms with Crippen molar-refractivity contribution in [2.75, 3.05) is 13.2 Å². The minimum atomic E-state index is -0.792. The highest BCUT2D eigenvalue weighted by Gasteiger charge is 2.30. The van der Waals surface area contributed by atoms with Gasteiger partial charge in [0.15, 0.2) is 0 Å². The van der Waals surface area contributed by atoms with Crippen LogP contribution in [0.15, 0.2) is 48.5 Å². The molecule has 7 nitrogen and oxygen atoms in total. The van der Waals surface area contributed by atoms with E-state index in [1.165, 1.54) is 11.1 Å². The number of hydrogen-bond donors (Lipinski definition) is 3. The van der Waals surface area contributed by atoms with Crippen LogP contribution in [0.3, 0.4) is 0 Å². The average molecular weight is 465 g/mol. The lowest BCUT2D eigenvalue weighted by atomic mass is 9.85. The second kappa shape index (κ2) is 10.7. The Hall–Kier alpha value is -3.35. The second-order valence-electron chi connectivity index (χ2n) is 9.48. The van der Waals surface area contributed by atoms with E-state index in [0.29, 0.717) is 19.4 Å². The van der Waals surface area contributed by atoms with Crippen molar-refractivity contribution in [2.24, 2.45) is 11.8 Å². The average Bonchev–Trinajstić information content (AvgIpc) is 3.15. The van der Waals surface area contributed by atoms with Gasteiger partial charge >= 0.3 is 12.1 Å². The maximum absolute atomic E-state index is 12.4. The zero-order valence-electron chi connectivity index (χ0n) is 19.5. The molecular weight excluding hydrogens is 432 g/mol. The Morgan fingerprint density at radius 1 is 1.03 bits per heavy atom. The third kappa shape index (κ3) is 5.58. The van der Waals surface area contributed by atoms with E-state index in [-0.39, 0.29) is 42.7 Å². The van der Waals surface area contributed by atoms with Crippen molar-refractivity contribution in [3.63, 3.8) is 0 Å². The molecular formula is C27H32N2O5. The summed E-state index contributed by atoms with van der Waals surface area (Å²) in [5, 5.41) is 14.9. The van der Waals surface area contributed by atoms with E-state index in [0.717, 1.165) is 24.0 Å². The van der Waals surface area contributed by atoms with Crippen LogP contribution >= 0.6 is 0 Å². The first-order valence-electron chi connectivity index (χ1n) is 12.0. The highest BCUT2D eigenvalue weighted by Crippen LogP contribution is 2.44. The van der Waals surface area contributed by atoms with E-state index in [1.54, 1.807) is 0 Å². The molecule has 0 aromatic heterocycles. The predicted octanol–water partition coefficient (Wildman–Crippen LogP) is 4.31. The predicted molar refractivity (Wildman–Crippen MR) is 128 cm³/mol. The van der Waals surface area contributed by atoms with Crippen LogP contribution < -0.4 is 10.6 Å². The fourth-order valence-electron chi connectivity index (χ4n) is 5.13. The summed E-state index contributed by atoms with van der Waals surface area (Å²) >= 11 is 0. The van der Waals surface area contributed by atoms with E-state index >= 15 is 0 Å². The van der Waals surface area contributed by atoms with Crippen molar-refractivity contribution >= 4 is 18.0 Å². The highest BCUT2D eigenvalue weighted by atomic mass is 16.5. The topological polar surface area (TPSA) is 105 Å². The molecule has 0 radical (unpaired) electrons. The summed E-state index contributed by atoms with van der Waals surface area (Å²) in [6, 6.07) is 16.3. The van der Waals surface area contributed by atoms with Crippen LogP contribution in [-0.4, -0.2) is 42.3 Å². The molecule has 0 heterocycles. The molecule has 7 heteroatoms. The summed E-state index contributed by atoms with van der Waals surface area (Å²) in [5.74, 6) is -1.35.